The minimum absolute atomic E-state index is 0.0842. The lowest BCUT2D eigenvalue weighted by molar-refractivity contribution is 0.506. The zero-order valence-electron chi connectivity index (χ0n) is 11.4. The van der Waals surface area contributed by atoms with Crippen molar-refractivity contribution in [2.75, 3.05) is 0 Å². The van der Waals surface area contributed by atoms with E-state index in [-0.39, 0.29) is 6.04 Å². The second-order valence-electron chi connectivity index (χ2n) is 4.83. The quantitative estimate of drug-likeness (QED) is 0.934. The van der Waals surface area contributed by atoms with E-state index in [1.54, 1.807) is 12.3 Å². The number of halogens is 2. The van der Waals surface area contributed by atoms with Gasteiger partial charge >= 0.3 is 0 Å². The van der Waals surface area contributed by atoms with E-state index < -0.39 is 11.6 Å². The number of hydrogen-bond acceptors (Lipinski definition) is 3. The Morgan fingerprint density at radius 2 is 2.00 bits per heavy atom. The summed E-state index contributed by atoms with van der Waals surface area (Å²) in [6.45, 7) is 3.89. The Morgan fingerprint density at radius 1 is 1.25 bits per heavy atom. The van der Waals surface area contributed by atoms with Crippen LogP contribution in [0.25, 0.3) is 0 Å². The summed E-state index contributed by atoms with van der Waals surface area (Å²) in [7, 11) is 0. The zero-order chi connectivity index (χ0) is 14.7. The second-order valence-corrected chi connectivity index (χ2v) is 5.89. The van der Waals surface area contributed by atoms with Crippen LogP contribution in [0.1, 0.15) is 18.1 Å². The monoisotopic (exact) mass is 294 g/mol. The molecule has 20 heavy (non-hydrogen) atoms. The first-order valence-electron chi connectivity index (χ1n) is 6.29. The van der Waals surface area contributed by atoms with Gasteiger partial charge in [-0.3, -0.25) is 0 Å². The SMILES string of the molecule is Cc1cc(CC(C)N)cnc1Sc1ccc(F)c(F)c1. The summed E-state index contributed by atoms with van der Waals surface area (Å²) < 4.78 is 26.0. The smallest absolute Gasteiger partial charge is 0.159 e. The van der Waals surface area contributed by atoms with E-state index in [2.05, 4.69) is 4.98 Å². The third kappa shape index (κ3) is 3.77. The van der Waals surface area contributed by atoms with Gasteiger partial charge in [-0.25, -0.2) is 13.8 Å². The van der Waals surface area contributed by atoms with Crippen molar-refractivity contribution < 1.29 is 8.78 Å². The van der Waals surface area contributed by atoms with Crippen LogP contribution < -0.4 is 5.73 Å². The molecule has 2 aromatic rings. The Labute approximate surface area is 121 Å². The first-order chi connectivity index (χ1) is 9.45. The number of aryl methyl sites for hydroxylation is 1. The molecule has 106 valence electrons. The summed E-state index contributed by atoms with van der Waals surface area (Å²) in [6.07, 6.45) is 2.54. The first-order valence-corrected chi connectivity index (χ1v) is 7.11. The Bertz CT molecular complexity index is 615. The van der Waals surface area contributed by atoms with Crippen LogP contribution in [0.4, 0.5) is 8.78 Å². The van der Waals surface area contributed by atoms with E-state index in [9.17, 15) is 8.78 Å². The standard InChI is InChI=1S/C15H16F2N2S/c1-9-5-11(6-10(2)18)8-19-15(9)20-12-3-4-13(16)14(17)7-12/h3-5,7-8,10H,6,18H2,1-2H3. The van der Waals surface area contributed by atoms with Crippen LogP contribution in [0.5, 0.6) is 0 Å². The third-order valence-electron chi connectivity index (χ3n) is 2.75. The average molecular weight is 294 g/mol. The van der Waals surface area contributed by atoms with Gasteiger partial charge in [-0.05, 0) is 49.6 Å². The topological polar surface area (TPSA) is 38.9 Å². The Hall–Kier alpha value is -1.46. The van der Waals surface area contributed by atoms with Crippen molar-refractivity contribution >= 4 is 11.8 Å². The molecule has 1 unspecified atom stereocenters. The van der Waals surface area contributed by atoms with Crippen LogP contribution >= 0.6 is 11.8 Å². The van der Waals surface area contributed by atoms with Gasteiger partial charge in [0.25, 0.3) is 0 Å². The molecule has 0 aliphatic carbocycles. The van der Waals surface area contributed by atoms with Crippen molar-refractivity contribution in [3.63, 3.8) is 0 Å². The molecular weight excluding hydrogens is 278 g/mol. The van der Waals surface area contributed by atoms with E-state index in [1.807, 2.05) is 19.9 Å². The van der Waals surface area contributed by atoms with E-state index in [4.69, 9.17) is 5.73 Å². The van der Waals surface area contributed by atoms with Gasteiger partial charge < -0.3 is 5.73 Å². The lowest BCUT2D eigenvalue weighted by Crippen LogP contribution is -2.17. The maximum absolute atomic E-state index is 13.2. The molecule has 0 bridgehead atoms. The van der Waals surface area contributed by atoms with Crippen molar-refractivity contribution in [3.05, 3.63) is 53.2 Å². The fourth-order valence-corrected chi connectivity index (χ4v) is 2.71. The molecule has 1 aromatic carbocycles. The molecule has 0 aliphatic rings. The molecule has 1 aromatic heterocycles. The fourth-order valence-electron chi connectivity index (χ4n) is 1.86. The highest BCUT2D eigenvalue weighted by Gasteiger charge is 2.08. The highest BCUT2D eigenvalue weighted by Crippen LogP contribution is 2.29. The van der Waals surface area contributed by atoms with E-state index in [0.717, 1.165) is 28.6 Å². The van der Waals surface area contributed by atoms with Gasteiger partial charge in [0.15, 0.2) is 11.6 Å². The van der Waals surface area contributed by atoms with Gasteiger partial charge in [-0.15, -0.1) is 0 Å². The predicted molar refractivity (Wildman–Crippen MR) is 76.8 cm³/mol. The number of rotatable bonds is 4. The van der Waals surface area contributed by atoms with E-state index >= 15 is 0 Å². The average Bonchev–Trinajstić information content (AvgIpc) is 2.36. The van der Waals surface area contributed by atoms with Crippen molar-refractivity contribution in [1.82, 2.24) is 4.98 Å². The molecule has 2 rings (SSSR count). The maximum atomic E-state index is 13.2. The molecule has 1 atom stereocenters. The van der Waals surface area contributed by atoms with Crippen LogP contribution in [0, 0.1) is 18.6 Å². The van der Waals surface area contributed by atoms with Crippen LogP contribution in [0.15, 0.2) is 40.4 Å². The van der Waals surface area contributed by atoms with Gasteiger partial charge in [-0.1, -0.05) is 17.8 Å². The van der Waals surface area contributed by atoms with Gasteiger partial charge in [0.2, 0.25) is 0 Å². The lowest BCUT2D eigenvalue weighted by Gasteiger charge is -2.09. The van der Waals surface area contributed by atoms with Crippen LogP contribution in [0.3, 0.4) is 0 Å². The predicted octanol–water partition coefficient (Wildman–Crippen LogP) is 3.71. The lowest BCUT2D eigenvalue weighted by atomic mass is 10.1. The van der Waals surface area contributed by atoms with Crippen LogP contribution in [-0.2, 0) is 6.42 Å². The molecule has 0 fully saturated rings. The number of pyridine rings is 1. The summed E-state index contributed by atoms with van der Waals surface area (Å²) >= 11 is 1.32. The highest BCUT2D eigenvalue weighted by atomic mass is 32.2. The van der Waals surface area contributed by atoms with Gasteiger partial charge in [0.05, 0.1) is 0 Å². The van der Waals surface area contributed by atoms with Crippen molar-refractivity contribution in [2.45, 2.75) is 36.2 Å². The van der Waals surface area contributed by atoms with Gasteiger partial charge in [0, 0.05) is 17.1 Å². The van der Waals surface area contributed by atoms with Gasteiger partial charge in [0.1, 0.15) is 5.03 Å². The molecule has 0 saturated carbocycles. The molecule has 0 amide bonds. The largest absolute Gasteiger partial charge is 0.328 e. The number of aromatic nitrogens is 1. The minimum atomic E-state index is -0.846. The Balaban J connectivity index is 2.19. The molecule has 2 N–H and O–H groups in total. The first kappa shape index (κ1) is 14.9. The minimum Gasteiger partial charge on any atom is -0.328 e. The summed E-state index contributed by atoms with van der Waals surface area (Å²) in [5.41, 5.74) is 7.83. The van der Waals surface area contributed by atoms with E-state index in [1.165, 1.54) is 17.8 Å². The molecule has 0 saturated heterocycles. The zero-order valence-corrected chi connectivity index (χ0v) is 12.2. The second kappa shape index (κ2) is 6.33. The molecule has 0 aliphatic heterocycles. The molecule has 1 heterocycles. The molecule has 0 radical (unpaired) electrons. The fraction of sp³-hybridized carbons (Fsp3) is 0.267. The molecule has 2 nitrogen and oxygen atoms in total. The molecule has 5 heteroatoms. The Morgan fingerprint density at radius 3 is 2.60 bits per heavy atom. The number of benzene rings is 1. The summed E-state index contributed by atoms with van der Waals surface area (Å²) in [6, 6.07) is 5.95. The molecule has 0 spiro atoms. The van der Waals surface area contributed by atoms with Crippen LogP contribution in [0.2, 0.25) is 0 Å². The summed E-state index contributed by atoms with van der Waals surface area (Å²) in [5.74, 6) is -1.69. The summed E-state index contributed by atoms with van der Waals surface area (Å²) in [5, 5.41) is 0.782. The third-order valence-corrected chi connectivity index (χ3v) is 3.86. The van der Waals surface area contributed by atoms with E-state index in [0.29, 0.717) is 4.90 Å². The summed E-state index contributed by atoms with van der Waals surface area (Å²) in [4.78, 5) is 4.99. The van der Waals surface area contributed by atoms with Crippen LogP contribution in [-0.4, -0.2) is 11.0 Å². The Kier molecular flexibility index (Phi) is 4.73. The number of nitrogens with two attached hydrogens (primary N) is 1. The van der Waals surface area contributed by atoms with Crippen molar-refractivity contribution in [3.8, 4) is 0 Å². The number of nitrogens with zero attached hydrogens (tertiary/aromatic N) is 1. The van der Waals surface area contributed by atoms with Gasteiger partial charge in [-0.2, -0.15) is 0 Å². The molecular formula is C15H16F2N2S. The van der Waals surface area contributed by atoms with Crippen molar-refractivity contribution in [1.29, 1.82) is 0 Å². The number of hydrogen-bond donors (Lipinski definition) is 1. The highest BCUT2D eigenvalue weighted by molar-refractivity contribution is 7.99. The maximum Gasteiger partial charge on any atom is 0.159 e. The normalized spacial score (nSPS) is 12.4. The van der Waals surface area contributed by atoms with Crippen molar-refractivity contribution in [2.24, 2.45) is 5.73 Å².